The normalized spacial score (nSPS) is 11.3. The molecular formula is C18H18N2O5S. The van der Waals surface area contributed by atoms with Gasteiger partial charge in [0.15, 0.2) is 6.61 Å². The summed E-state index contributed by atoms with van der Waals surface area (Å²) in [5.41, 5.74) is 0.747. The fourth-order valence-corrected chi connectivity index (χ4v) is 2.81. The predicted octanol–water partition coefficient (Wildman–Crippen LogP) is 1.82. The highest BCUT2D eigenvalue weighted by atomic mass is 32.1. The first-order chi connectivity index (χ1) is 12.5. The van der Waals surface area contributed by atoms with Crippen molar-refractivity contribution in [2.45, 2.75) is 19.4 Å². The molecule has 0 fully saturated rings. The molecule has 0 aliphatic heterocycles. The van der Waals surface area contributed by atoms with Gasteiger partial charge in [-0.05, 0) is 17.0 Å². The van der Waals surface area contributed by atoms with Crippen LogP contribution in [0.4, 0.5) is 0 Å². The van der Waals surface area contributed by atoms with Crippen LogP contribution in [-0.2, 0) is 19.1 Å². The molecule has 0 saturated carbocycles. The maximum atomic E-state index is 12.0. The van der Waals surface area contributed by atoms with Gasteiger partial charge in [0.2, 0.25) is 5.91 Å². The Kier molecular flexibility index (Phi) is 7.04. The van der Waals surface area contributed by atoms with E-state index in [0.717, 1.165) is 5.56 Å². The van der Waals surface area contributed by atoms with E-state index in [4.69, 9.17) is 4.74 Å². The Balaban J connectivity index is 1.84. The molecule has 1 aromatic carbocycles. The van der Waals surface area contributed by atoms with E-state index in [1.54, 1.807) is 41.8 Å². The standard InChI is InChI=1S/C18H18N2O5S/c1-12(21)19-14(13-6-3-2-4-7-13)10-17(23)25-11-16(22)20-18(24)15-8-5-9-26-15/h2-9,14H,10-11H2,1H3,(H,19,21)(H,20,22,24)/t14-/m1/s1. The smallest absolute Gasteiger partial charge is 0.308 e. The molecule has 0 aliphatic carbocycles. The first kappa shape index (κ1) is 19.3. The number of hydrogen-bond acceptors (Lipinski definition) is 6. The third-order valence-electron chi connectivity index (χ3n) is 3.31. The molecule has 3 amide bonds. The fourth-order valence-electron chi connectivity index (χ4n) is 2.19. The molecule has 1 atom stereocenters. The van der Waals surface area contributed by atoms with Gasteiger partial charge in [0, 0.05) is 6.92 Å². The zero-order chi connectivity index (χ0) is 18.9. The molecule has 0 spiro atoms. The largest absolute Gasteiger partial charge is 0.455 e. The number of hydrogen-bond donors (Lipinski definition) is 2. The number of thiophene rings is 1. The van der Waals surface area contributed by atoms with Gasteiger partial charge in [0.1, 0.15) is 0 Å². The van der Waals surface area contributed by atoms with E-state index >= 15 is 0 Å². The summed E-state index contributed by atoms with van der Waals surface area (Å²) >= 11 is 1.20. The highest BCUT2D eigenvalue weighted by molar-refractivity contribution is 7.12. The molecule has 2 N–H and O–H groups in total. The highest BCUT2D eigenvalue weighted by Crippen LogP contribution is 2.17. The SMILES string of the molecule is CC(=O)N[C@H](CC(=O)OCC(=O)NC(=O)c1cccs1)c1ccccc1. The van der Waals surface area contributed by atoms with Crippen LogP contribution in [0.25, 0.3) is 0 Å². The monoisotopic (exact) mass is 374 g/mol. The Hall–Kier alpha value is -3.00. The van der Waals surface area contributed by atoms with Crippen molar-refractivity contribution in [3.63, 3.8) is 0 Å². The molecule has 0 saturated heterocycles. The zero-order valence-corrected chi connectivity index (χ0v) is 14.9. The summed E-state index contributed by atoms with van der Waals surface area (Å²) in [5, 5.41) is 6.53. The van der Waals surface area contributed by atoms with Crippen molar-refractivity contribution in [2.24, 2.45) is 0 Å². The molecule has 2 aromatic rings. The minimum atomic E-state index is -0.715. The van der Waals surface area contributed by atoms with Crippen LogP contribution in [0, 0.1) is 0 Å². The van der Waals surface area contributed by atoms with Crippen LogP contribution in [0.2, 0.25) is 0 Å². The van der Waals surface area contributed by atoms with E-state index in [-0.39, 0.29) is 12.3 Å². The number of nitrogens with one attached hydrogen (secondary N) is 2. The van der Waals surface area contributed by atoms with Gasteiger partial charge >= 0.3 is 5.97 Å². The first-order valence-electron chi connectivity index (χ1n) is 7.81. The van der Waals surface area contributed by atoms with E-state index in [9.17, 15) is 19.2 Å². The van der Waals surface area contributed by atoms with Crippen LogP contribution in [0.1, 0.15) is 34.6 Å². The van der Waals surface area contributed by atoms with Crippen molar-refractivity contribution >= 4 is 35.0 Å². The van der Waals surface area contributed by atoms with E-state index < -0.39 is 30.4 Å². The van der Waals surface area contributed by atoms with Crippen LogP contribution in [0.15, 0.2) is 47.8 Å². The van der Waals surface area contributed by atoms with E-state index in [2.05, 4.69) is 10.6 Å². The lowest BCUT2D eigenvalue weighted by Crippen LogP contribution is -2.34. The van der Waals surface area contributed by atoms with E-state index in [0.29, 0.717) is 4.88 Å². The van der Waals surface area contributed by atoms with Crippen molar-refractivity contribution in [2.75, 3.05) is 6.61 Å². The van der Waals surface area contributed by atoms with Gasteiger partial charge < -0.3 is 10.1 Å². The van der Waals surface area contributed by atoms with Crippen LogP contribution in [0.5, 0.6) is 0 Å². The topological polar surface area (TPSA) is 102 Å². The summed E-state index contributed by atoms with van der Waals surface area (Å²) in [6.07, 6.45) is -0.129. The Bertz CT molecular complexity index is 774. The van der Waals surface area contributed by atoms with Gasteiger partial charge in [-0.25, -0.2) is 0 Å². The molecule has 1 aromatic heterocycles. The molecule has 0 radical (unpaired) electrons. The highest BCUT2D eigenvalue weighted by Gasteiger charge is 2.19. The van der Waals surface area contributed by atoms with Gasteiger partial charge in [-0.15, -0.1) is 11.3 Å². The molecule has 7 nitrogen and oxygen atoms in total. The minimum absolute atomic E-state index is 0.129. The maximum absolute atomic E-state index is 12.0. The number of benzene rings is 1. The third-order valence-corrected chi connectivity index (χ3v) is 4.18. The predicted molar refractivity (Wildman–Crippen MR) is 95.4 cm³/mol. The lowest BCUT2D eigenvalue weighted by Gasteiger charge is -2.17. The molecule has 26 heavy (non-hydrogen) atoms. The van der Waals surface area contributed by atoms with Gasteiger partial charge in [-0.2, -0.15) is 0 Å². The van der Waals surface area contributed by atoms with Crippen molar-refractivity contribution in [3.05, 3.63) is 58.3 Å². The van der Waals surface area contributed by atoms with Crippen LogP contribution in [-0.4, -0.2) is 30.3 Å². The number of esters is 1. The van der Waals surface area contributed by atoms with Crippen LogP contribution in [0.3, 0.4) is 0 Å². The molecule has 2 rings (SSSR count). The molecule has 1 heterocycles. The van der Waals surface area contributed by atoms with Crippen molar-refractivity contribution in [1.82, 2.24) is 10.6 Å². The first-order valence-corrected chi connectivity index (χ1v) is 8.69. The lowest BCUT2D eigenvalue weighted by atomic mass is 10.0. The van der Waals surface area contributed by atoms with Gasteiger partial charge in [0.25, 0.3) is 11.8 Å². The molecular weight excluding hydrogens is 356 g/mol. The Morgan fingerprint density at radius 3 is 2.42 bits per heavy atom. The fraction of sp³-hybridized carbons (Fsp3) is 0.222. The van der Waals surface area contributed by atoms with Gasteiger partial charge in [-0.3, -0.25) is 24.5 Å². The third kappa shape index (κ3) is 6.14. The number of ether oxygens (including phenoxy) is 1. The zero-order valence-electron chi connectivity index (χ0n) is 14.1. The second-order valence-corrected chi connectivity index (χ2v) is 6.33. The Labute approximate surface area is 154 Å². The van der Waals surface area contributed by atoms with Crippen molar-refractivity contribution < 1.29 is 23.9 Å². The summed E-state index contributed by atoms with van der Waals surface area (Å²) in [4.78, 5) is 47.2. The number of rotatable bonds is 7. The molecule has 0 aliphatic rings. The molecule has 0 unspecified atom stereocenters. The number of amides is 3. The summed E-state index contributed by atoms with van der Waals surface area (Å²) in [6, 6.07) is 11.7. The maximum Gasteiger partial charge on any atom is 0.308 e. The quantitative estimate of drug-likeness (QED) is 0.720. The summed E-state index contributed by atoms with van der Waals surface area (Å²) in [6.45, 7) is 0.780. The summed E-state index contributed by atoms with van der Waals surface area (Å²) < 4.78 is 4.90. The average Bonchev–Trinajstić information content (AvgIpc) is 3.14. The minimum Gasteiger partial charge on any atom is -0.455 e. The Morgan fingerprint density at radius 1 is 1.08 bits per heavy atom. The molecule has 8 heteroatoms. The van der Waals surface area contributed by atoms with Crippen LogP contribution < -0.4 is 10.6 Å². The summed E-state index contributed by atoms with van der Waals surface area (Å²) in [5.74, 6) is -2.20. The second kappa shape index (κ2) is 9.47. The lowest BCUT2D eigenvalue weighted by molar-refractivity contribution is -0.149. The van der Waals surface area contributed by atoms with Crippen molar-refractivity contribution in [1.29, 1.82) is 0 Å². The number of imide groups is 1. The van der Waals surface area contributed by atoms with Crippen LogP contribution >= 0.6 is 11.3 Å². The molecule has 0 bridgehead atoms. The number of carbonyl (C=O) groups excluding carboxylic acids is 4. The Morgan fingerprint density at radius 2 is 1.81 bits per heavy atom. The summed E-state index contributed by atoms with van der Waals surface area (Å²) in [7, 11) is 0. The average molecular weight is 374 g/mol. The van der Waals surface area contributed by atoms with Crippen molar-refractivity contribution in [3.8, 4) is 0 Å². The van der Waals surface area contributed by atoms with Gasteiger partial charge in [0.05, 0.1) is 17.3 Å². The van der Waals surface area contributed by atoms with E-state index in [1.165, 1.54) is 18.3 Å². The number of carbonyl (C=O) groups is 4. The van der Waals surface area contributed by atoms with Gasteiger partial charge in [-0.1, -0.05) is 36.4 Å². The molecule has 136 valence electrons. The van der Waals surface area contributed by atoms with E-state index in [1.807, 2.05) is 6.07 Å². The second-order valence-electron chi connectivity index (χ2n) is 5.38.